The van der Waals surface area contributed by atoms with Gasteiger partial charge >= 0.3 is 0 Å². The van der Waals surface area contributed by atoms with Gasteiger partial charge in [-0.1, -0.05) is 36.8 Å². The number of rotatable bonds is 4. The third kappa shape index (κ3) is 3.21. The van der Waals surface area contributed by atoms with Gasteiger partial charge in [-0.25, -0.2) is 0 Å². The van der Waals surface area contributed by atoms with Gasteiger partial charge in [0, 0.05) is 43.1 Å². The van der Waals surface area contributed by atoms with Gasteiger partial charge in [-0.3, -0.25) is 9.88 Å². The van der Waals surface area contributed by atoms with Crippen molar-refractivity contribution < 1.29 is 9.84 Å². The molecule has 0 radical (unpaired) electrons. The average molecular weight is 389 g/mol. The number of fused-ring (bicyclic) bond motifs is 3. The Morgan fingerprint density at radius 1 is 1.03 bits per heavy atom. The second-order valence-corrected chi connectivity index (χ2v) is 8.56. The fourth-order valence-electron chi connectivity index (χ4n) is 5.55. The summed E-state index contributed by atoms with van der Waals surface area (Å²) in [5, 5.41) is 13.1. The Morgan fingerprint density at radius 2 is 1.79 bits per heavy atom. The third-order valence-corrected chi connectivity index (χ3v) is 6.99. The SMILES string of the molecule is COc1ccc(C2(O)[C@@H]3CCC[C@H]2CN(Cc2cccc4ncccc24)C3)cc1. The molecule has 1 aliphatic carbocycles. The second kappa shape index (κ2) is 7.43. The van der Waals surface area contributed by atoms with Gasteiger partial charge in [0.2, 0.25) is 0 Å². The fourth-order valence-corrected chi connectivity index (χ4v) is 5.55. The number of aromatic nitrogens is 1. The highest BCUT2D eigenvalue weighted by Gasteiger charge is 2.51. The first-order valence-corrected chi connectivity index (χ1v) is 10.6. The number of ether oxygens (including phenoxy) is 1. The Hall–Kier alpha value is -2.43. The predicted molar refractivity (Wildman–Crippen MR) is 115 cm³/mol. The first-order valence-electron chi connectivity index (χ1n) is 10.6. The number of likely N-dealkylation sites (tertiary alicyclic amines) is 1. The van der Waals surface area contributed by atoms with Crippen molar-refractivity contribution in [2.75, 3.05) is 20.2 Å². The zero-order chi connectivity index (χ0) is 19.8. The quantitative estimate of drug-likeness (QED) is 0.721. The van der Waals surface area contributed by atoms with Gasteiger partial charge < -0.3 is 9.84 Å². The number of pyridine rings is 1. The molecule has 2 heterocycles. The molecule has 29 heavy (non-hydrogen) atoms. The number of piperidine rings is 1. The Balaban J connectivity index is 1.41. The number of aliphatic hydroxyl groups is 1. The molecule has 5 rings (SSSR count). The van der Waals surface area contributed by atoms with E-state index in [1.165, 1.54) is 17.4 Å². The smallest absolute Gasteiger partial charge is 0.118 e. The lowest BCUT2D eigenvalue weighted by Gasteiger charge is -2.53. The van der Waals surface area contributed by atoms with Crippen molar-refractivity contribution >= 4 is 10.9 Å². The van der Waals surface area contributed by atoms with Gasteiger partial charge in [0.25, 0.3) is 0 Å². The van der Waals surface area contributed by atoms with E-state index in [4.69, 9.17) is 4.74 Å². The Kier molecular flexibility index (Phi) is 4.76. The van der Waals surface area contributed by atoms with Crippen LogP contribution in [0.15, 0.2) is 60.8 Å². The first-order chi connectivity index (χ1) is 14.2. The zero-order valence-electron chi connectivity index (χ0n) is 16.9. The molecule has 1 unspecified atom stereocenters. The van der Waals surface area contributed by atoms with Crippen LogP contribution in [-0.4, -0.2) is 35.2 Å². The van der Waals surface area contributed by atoms with E-state index in [1.54, 1.807) is 7.11 Å². The summed E-state index contributed by atoms with van der Waals surface area (Å²) in [6.45, 7) is 2.76. The van der Waals surface area contributed by atoms with E-state index in [0.717, 1.165) is 49.3 Å². The van der Waals surface area contributed by atoms with Crippen LogP contribution < -0.4 is 4.74 Å². The molecule has 3 aromatic rings. The highest BCUT2D eigenvalue weighted by atomic mass is 16.5. The summed E-state index contributed by atoms with van der Waals surface area (Å²) in [4.78, 5) is 7.04. The van der Waals surface area contributed by atoms with E-state index >= 15 is 0 Å². The molecule has 4 heteroatoms. The molecule has 1 aliphatic heterocycles. The number of hydrogen-bond donors (Lipinski definition) is 1. The van der Waals surface area contributed by atoms with Crippen LogP contribution in [0, 0.1) is 11.8 Å². The van der Waals surface area contributed by atoms with Crippen LogP contribution in [0.1, 0.15) is 30.4 Å². The lowest BCUT2D eigenvalue weighted by atomic mass is 9.62. The van der Waals surface area contributed by atoms with Crippen LogP contribution in [0.25, 0.3) is 10.9 Å². The fraction of sp³-hybridized carbons (Fsp3) is 0.400. The molecule has 150 valence electrons. The van der Waals surface area contributed by atoms with Gasteiger partial charge in [-0.05, 0) is 48.2 Å². The summed E-state index contributed by atoms with van der Waals surface area (Å²) in [5.41, 5.74) is 2.68. The molecule has 0 spiro atoms. The lowest BCUT2D eigenvalue weighted by Crippen LogP contribution is -2.57. The molecule has 2 aromatic carbocycles. The molecule has 1 aromatic heterocycles. The van der Waals surface area contributed by atoms with Gasteiger partial charge in [0.1, 0.15) is 5.75 Å². The van der Waals surface area contributed by atoms with E-state index in [-0.39, 0.29) is 11.8 Å². The summed E-state index contributed by atoms with van der Waals surface area (Å²) < 4.78 is 5.31. The molecule has 0 amide bonds. The van der Waals surface area contributed by atoms with Crippen LogP contribution in [0.2, 0.25) is 0 Å². The maximum atomic E-state index is 11.9. The minimum Gasteiger partial charge on any atom is -0.497 e. The van der Waals surface area contributed by atoms with Crippen molar-refractivity contribution in [1.82, 2.24) is 9.88 Å². The number of hydrogen-bond acceptors (Lipinski definition) is 4. The predicted octanol–water partition coefficient (Wildman–Crippen LogP) is 4.36. The monoisotopic (exact) mass is 388 g/mol. The van der Waals surface area contributed by atoms with Crippen molar-refractivity contribution in [3.8, 4) is 5.75 Å². The Morgan fingerprint density at radius 3 is 2.52 bits per heavy atom. The molecule has 2 bridgehead atoms. The molecule has 3 atom stereocenters. The van der Waals surface area contributed by atoms with Crippen molar-refractivity contribution in [3.05, 3.63) is 71.9 Å². The van der Waals surface area contributed by atoms with E-state index < -0.39 is 5.60 Å². The molecule has 2 aliphatic rings. The maximum Gasteiger partial charge on any atom is 0.118 e. The van der Waals surface area contributed by atoms with Crippen LogP contribution in [0.3, 0.4) is 0 Å². The lowest BCUT2D eigenvalue weighted by molar-refractivity contribution is -0.148. The molecule has 1 saturated heterocycles. The van der Waals surface area contributed by atoms with E-state index in [2.05, 4.69) is 46.3 Å². The van der Waals surface area contributed by atoms with Gasteiger partial charge in [0.15, 0.2) is 0 Å². The first kappa shape index (κ1) is 18.6. The number of nitrogens with zero attached hydrogens (tertiary/aromatic N) is 2. The zero-order valence-corrected chi connectivity index (χ0v) is 16.9. The summed E-state index contributed by atoms with van der Waals surface area (Å²) in [7, 11) is 1.68. The third-order valence-electron chi connectivity index (χ3n) is 6.99. The number of methoxy groups -OCH3 is 1. The van der Waals surface area contributed by atoms with Gasteiger partial charge in [-0.15, -0.1) is 0 Å². The van der Waals surface area contributed by atoms with E-state index in [1.807, 2.05) is 24.4 Å². The largest absolute Gasteiger partial charge is 0.497 e. The molecule has 4 nitrogen and oxygen atoms in total. The maximum absolute atomic E-state index is 11.9. The van der Waals surface area contributed by atoms with Crippen LogP contribution in [0.4, 0.5) is 0 Å². The summed E-state index contributed by atoms with van der Waals surface area (Å²) in [6, 6.07) is 18.6. The summed E-state index contributed by atoms with van der Waals surface area (Å²) in [6.07, 6.45) is 5.21. The molecular weight excluding hydrogens is 360 g/mol. The molecule has 1 saturated carbocycles. The van der Waals surface area contributed by atoms with Crippen molar-refractivity contribution in [2.45, 2.75) is 31.4 Å². The highest BCUT2D eigenvalue weighted by Crippen LogP contribution is 2.49. The van der Waals surface area contributed by atoms with Crippen molar-refractivity contribution in [3.63, 3.8) is 0 Å². The minimum atomic E-state index is -0.735. The highest BCUT2D eigenvalue weighted by molar-refractivity contribution is 5.81. The molecule has 1 N–H and O–H groups in total. The standard InChI is InChI=1S/C25H28N2O2/c1-29-22-12-10-19(11-13-22)25(28)20-6-3-7-21(25)17-27(16-20)15-18-5-2-9-24-23(18)8-4-14-26-24/h2,4-5,8-14,20-21,28H,3,6-7,15-17H2,1H3/t20-,21+,25?. The Labute approximate surface area is 172 Å². The summed E-state index contributed by atoms with van der Waals surface area (Å²) in [5.74, 6) is 1.36. The van der Waals surface area contributed by atoms with Crippen LogP contribution in [-0.2, 0) is 12.1 Å². The van der Waals surface area contributed by atoms with Crippen molar-refractivity contribution in [1.29, 1.82) is 0 Å². The van der Waals surface area contributed by atoms with Crippen LogP contribution in [0.5, 0.6) is 5.75 Å². The summed E-state index contributed by atoms with van der Waals surface area (Å²) >= 11 is 0. The topological polar surface area (TPSA) is 45.6 Å². The van der Waals surface area contributed by atoms with E-state index in [9.17, 15) is 5.11 Å². The second-order valence-electron chi connectivity index (χ2n) is 8.56. The molecular formula is C25H28N2O2. The van der Waals surface area contributed by atoms with Crippen molar-refractivity contribution in [2.24, 2.45) is 11.8 Å². The molecule has 2 fully saturated rings. The van der Waals surface area contributed by atoms with Crippen LogP contribution >= 0.6 is 0 Å². The number of benzene rings is 2. The normalized spacial score (nSPS) is 27.1. The van der Waals surface area contributed by atoms with E-state index in [0.29, 0.717) is 0 Å². The minimum absolute atomic E-state index is 0.261. The Bertz CT molecular complexity index is 982. The van der Waals surface area contributed by atoms with Gasteiger partial charge in [-0.2, -0.15) is 0 Å². The van der Waals surface area contributed by atoms with Gasteiger partial charge in [0.05, 0.1) is 18.2 Å². The average Bonchev–Trinajstić information content (AvgIpc) is 2.75.